The fourth-order valence-electron chi connectivity index (χ4n) is 1.17. The van der Waals surface area contributed by atoms with Crippen LogP contribution >= 0.6 is 0 Å². The molecule has 0 atom stereocenters. The lowest BCUT2D eigenvalue weighted by Gasteiger charge is -2.05. The molecule has 0 aromatic heterocycles. The Balaban J connectivity index is 2.80. The zero-order chi connectivity index (χ0) is 11.8. The van der Waals surface area contributed by atoms with Gasteiger partial charge in [0.05, 0.1) is 11.8 Å². The third-order valence-corrected chi connectivity index (χ3v) is 1.93. The van der Waals surface area contributed by atoms with Crippen LogP contribution in [0.2, 0.25) is 0 Å². The lowest BCUT2D eigenvalue weighted by molar-refractivity contribution is 0.0989. The molecular formula is C11H12N4O. The fourth-order valence-corrected chi connectivity index (χ4v) is 1.17. The molecule has 0 radical (unpaired) electrons. The zero-order valence-electron chi connectivity index (χ0n) is 8.97. The topological polar surface area (TPSA) is 77.6 Å². The molecule has 82 valence electrons. The smallest absolute Gasteiger partial charge is 0.164 e. The molecule has 0 aliphatic carbocycles. The fraction of sp³-hybridized carbons (Fsp3) is 0.273. The van der Waals surface area contributed by atoms with E-state index in [4.69, 9.17) is 5.26 Å². The summed E-state index contributed by atoms with van der Waals surface area (Å²) in [6.07, 6.45) is 0.439. The summed E-state index contributed by atoms with van der Waals surface area (Å²) in [7, 11) is 0. The number of rotatable bonds is 5. The Hall–Kier alpha value is -2.22. The van der Waals surface area contributed by atoms with Gasteiger partial charge in [-0.2, -0.15) is 10.4 Å². The molecule has 5 heteroatoms. The van der Waals surface area contributed by atoms with E-state index in [1.807, 2.05) is 6.07 Å². The maximum Gasteiger partial charge on any atom is 0.164 e. The lowest BCUT2D eigenvalue weighted by atomic mass is 10.1. The first kappa shape index (κ1) is 11.9. The van der Waals surface area contributed by atoms with E-state index < -0.39 is 0 Å². The van der Waals surface area contributed by atoms with Gasteiger partial charge in [-0.25, -0.2) is 0 Å². The molecular weight excluding hydrogens is 204 g/mol. The summed E-state index contributed by atoms with van der Waals surface area (Å²) >= 11 is 0. The van der Waals surface area contributed by atoms with Crippen LogP contribution in [-0.4, -0.2) is 12.3 Å². The Labute approximate surface area is 93.8 Å². The normalized spacial score (nSPS) is 10.0. The summed E-state index contributed by atoms with van der Waals surface area (Å²) in [4.78, 5) is 11.6. The van der Waals surface area contributed by atoms with E-state index in [0.717, 1.165) is 0 Å². The highest BCUT2D eigenvalue weighted by Gasteiger charge is 2.07. The highest BCUT2D eigenvalue weighted by Crippen LogP contribution is 2.16. The standard InChI is InChI=1S/C11H12N4O/c1-2-11(16)9-5-3-4-6-10(9)14-15-13-8-7-12/h3-6H,2,8H2,1H3,(H,13,14). The number of nitriles is 1. The van der Waals surface area contributed by atoms with Gasteiger partial charge < -0.3 is 0 Å². The summed E-state index contributed by atoms with van der Waals surface area (Å²) in [6, 6.07) is 8.90. The number of carbonyl (C=O) groups excluding carboxylic acids is 1. The summed E-state index contributed by atoms with van der Waals surface area (Å²) in [6.45, 7) is 1.80. The molecule has 0 unspecified atom stereocenters. The third kappa shape index (κ3) is 3.17. The Morgan fingerprint density at radius 3 is 2.94 bits per heavy atom. The summed E-state index contributed by atoms with van der Waals surface area (Å²) in [5.74, 6) is 0.0404. The molecule has 16 heavy (non-hydrogen) atoms. The van der Waals surface area contributed by atoms with Gasteiger partial charge in [0.2, 0.25) is 0 Å². The van der Waals surface area contributed by atoms with Crippen LogP contribution in [-0.2, 0) is 0 Å². The highest BCUT2D eigenvalue weighted by atomic mass is 16.1. The van der Waals surface area contributed by atoms with Crippen LogP contribution in [0, 0.1) is 11.3 Å². The maximum atomic E-state index is 11.6. The predicted molar refractivity (Wildman–Crippen MR) is 60.0 cm³/mol. The second-order valence-electron chi connectivity index (χ2n) is 2.99. The molecule has 0 fully saturated rings. The second kappa shape index (κ2) is 6.30. The van der Waals surface area contributed by atoms with E-state index in [1.165, 1.54) is 0 Å². The Bertz CT molecular complexity index is 434. The van der Waals surface area contributed by atoms with Crippen molar-refractivity contribution in [2.45, 2.75) is 13.3 Å². The number of hydrogen-bond donors (Lipinski definition) is 1. The van der Waals surface area contributed by atoms with Crippen molar-refractivity contribution in [2.75, 3.05) is 12.0 Å². The van der Waals surface area contributed by atoms with Crippen molar-refractivity contribution >= 4 is 11.5 Å². The molecule has 0 saturated heterocycles. The van der Waals surface area contributed by atoms with E-state index in [2.05, 4.69) is 15.8 Å². The van der Waals surface area contributed by atoms with Gasteiger partial charge in [-0.15, -0.1) is 0 Å². The van der Waals surface area contributed by atoms with Gasteiger partial charge in [0.25, 0.3) is 0 Å². The summed E-state index contributed by atoms with van der Waals surface area (Å²) in [5.41, 5.74) is 3.84. The number of hydrogen-bond acceptors (Lipinski definition) is 4. The van der Waals surface area contributed by atoms with Crippen molar-refractivity contribution in [1.82, 2.24) is 0 Å². The number of carbonyl (C=O) groups is 1. The molecule has 1 rings (SSSR count). The lowest BCUT2D eigenvalue weighted by Crippen LogP contribution is -2.01. The van der Waals surface area contributed by atoms with Crippen LogP contribution in [0.1, 0.15) is 23.7 Å². The third-order valence-electron chi connectivity index (χ3n) is 1.93. The van der Waals surface area contributed by atoms with Crippen molar-refractivity contribution in [2.24, 2.45) is 10.3 Å². The largest absolute Gasteiger partial charge is 0.294 e. The molecule has 5 nitrogen and oxygen atoms in total. The number of benzene rings is 1. The molecule has 1 N–H and O–H groups in total. The van der Waals surface area contributed by atoms with Crippen LogP contribution in [0.25, 0.3) is 0 Å². The van der Waals surface area contributed by atoms with Crippen LogP contribution in [0.5, 0.6) is 0 Å². The minimum Gasteiger partial charge on any atom is -0.294 e. The van der Waals surface area contributed by atoms with E-state index in [1.54, 1.807) is 31.2 Å². The number of nitrogens with one attached hydrogen (secondary N) is 1. The van der Waals surface area contributed by atoms with Crippen molar-refractivity contribution in [3.63, 3.8) is 0 Å². The van der Waals surface area contributed by atoms with Crippen LogP contribution in [0.15, 0.2) is 34.6 Å². The van der Waals surface area contributed by atoms with E-state index >= 15 is 0 Å². The van der Waals surface area contributed by atoms with E-state index in [-0.39, 0.29) is 12.3 Å². The highest BCUT2D eigenvalue weighted by molar-refractivity contribution is 6.00. The van der Waals surface area contributed by atoms with E-state index in [0.29, 0.717) is 17.7 Å². The number of para-hydroxylation sites is 1. The van der Waals surface area contributed by atoms with Gasteiger partial charge in [-0.3, -0.25) is 10.2 Å². The van der Waals surface area contributed by atoms with Gasteiger partial charge in [-0.1, -0.05) is 24.3 Å². The van der Waals surface area contributed by atoms with Crippen molar-refractivity contribution in [1.29, 1.82) is 5.26 Å². The number of Topliss-reactive ketones (excluding diaryl/α,β-unsaturated/α-hetero) is 1. The summed E-state index contributed by atoms with van der Waals surface area (Å²) in [5, 5.41) is 15.4. The minimum atomic E-state index is -0.00308. The average Bonchev–Trinajstić information content (AvgIpc) is 2.34. The van der Waals surface area contributed by atoms with E-state index in [9.17, 15) is 4.79 Å². The molecule has 1 aromatic rings. The van der Waals surface area contributed by atoms with Gasteiger partial charge in [0.1, 0.15) is 6.54 Å². The number of ketones is 1. The molecule has 1 aromatic carbocycles. The van der Waals surface area contributed by atoms with Crippen LogP contribution in [0.4, 0.5) is 5.69 Å². The van der Waals surface area contributed by atoms with Crippen molar-refractivity contribution in [3.05, 3.63) is 29.8 Å². The molecule has 0 bridgehead atoms. The Morgan fingerprint density at radius 2 is 2.25 bits per heavy atom. The van der Waals surface area contributed by atoms with Crippen LogP contribution in [0.3, 0.4) is 0 Å². The van der Waals surface area contributed by atoms with Crippen LogP contribution < -0.4 is 5.43 Å². The number of anilines is 1. The molecule has 0 spiro atoms. The first-order chi connectivity index (χ1) is 7.79. The Morgan fingerprint density at radius 1 is 1.50 bits per heavy atom. The Kier molecular flexibility index (Phi) is 4.67. The molecule has 0 heterocycles. The molecule has 0 amide bonds. The average molecular weight is 216 g/mol. The maximum absolute atomic E-state index is 11.6. The van der Waals surface area contributed by atoms with Gasteiger partial charge in [-0.05, 0) is 12.1 Å². The quantitative estimate of drug-likeness (QED) is 0.355. The molecule has 0 aliphatic rings. The first-order valence-electron chi connectivity index (χ1n) is 4.91. The SMILES string of the molecule is CCC(=O)c1ccccc1NN=NCC#N. The molecule has 0 saturated carbocycles. The minimum absolute atomic E-state index is 0.00308. The van der Waals surface area contributed by atoms with Gasteiger partial charge in [0.15, 0.2) is 5.78 Å². The second-order valence-corrected chi connectivity index (χ2v) is 2.99. The van der Waals surface area contributed by atoms with Crippen molar-refractivity contribution in [3.8, 4) is 6.07 Å². The van der Waals surface area contributed by atoms with Crippen molar-refractivity contribution < 1.29 is 4.79 Å². The molecule has 0 aliphatic heterocycles. The first-order valence-corrected chi connectivity index (χ1v) is 4.91. The summed E-state index contributed by atoms with van der Waals surface area (Å²) < 4.78 is 0. The zero-order valence-corrected chi connectivity index (χ0v) is 8.97. The van der Waals surface area contributed by atoms with Gasteiger partial charge >= 0.3 is 0 Å². The monoisotopic (exact) mass is 216 g/mol. The number of nitrogens with zero attached hydrogens (tertiary/aromatic N) is 3. The van der Waals surface area contributed by atoms with Gasteiger partial charge in [0, 0.05) is 12.0 Å². The predicted octanol–water partition coefficient (Wildman–Crippen LogP) is 2.58.